The highest BCUT2D eigenvalue weighted by Gasteiger charge is 2.27. The van der Waals surface area contributed by atoms with Gasteiger partial charge in [-0.15, -0.1) is 0 Å². The Bertz CT molecular complexity index is 1120. The number of aliphatic carboxylic acids is 4. The summed E-state index contributed by atoms with van der Waals surface area (Å²) in [7, 11) is 0. The topological polar surface area (TPSA) is 279 Å². The standard InChI is InChI=1S/C28H48N8O12/c1-18(2)26(27(46)31-19(3)28(47)48)32-21(38)13-29-20(37)12-30-22(39)14-33-4-6-34(15-23(40)41)8-10-36(17-25(44)45)11-9-35(7-5-33)16-24(42)43/h18-19,26H,4-17H2,1-3H3,(H,29,37)(H,30,39)(H,31,46)(H,32,38)(H,40,41)(H,42,43)(H,44,45)(H,47,48)/t19-,26+/m1/s1. The zero-order valence-corrected chi connectivity index (χ0v) is 27.5. The number of hydrogen-bond acceptors (Lipinski definition) is 12. The number of carbonyl (C=O) groups excluding carboxylic acids is 4. The van der Waals surface area contributed by atoms with Crippen LogP contribution in [-0.4, -0.2) is 191 Å². The Balaban J connectivity index is 2.76. The second-order valence-electron chi connectivity index (χ2n) is 11.7. The fourth-order valence-corrected chi connectivity index (χ4v) is 4.59. The molecule has 1 saturated heterocycles. The third-order valence-electron chi connectivity index (χ3n) is 7.26. The SMILES string of the molecule is CC(C)[C@H](NC(=O)CNC(=O)CNC(=O)CN1CCN(CC(=O)O)CCN(CC(=O)O)CCN(CC(=O)O)CC1)C(=O)N[C@H](C)C(=O)O. The smallest absolute Gasteiger partial charge is 0.325 e. The second kappa shape index (κ2) is 21.5. The van der Waals surface area contributed by atoms with Crippen molar-refractivity contribution < 1.29 is 58.8 Å². The molecule has 1 fully saturated rings. The van der Waals surface area contributed by atoms with Crippen molar-refractivity contribution in [2.45, 2.75) is 32.9 Å². The molecule has 48 heavy (non-hydrogen) atoms. The van der Waals surface area contributed by atoms with Crippen LogP contribution in [0.4, 0.5) is 0 Å². The molecule has 4 amide bonds. The highest BCUT2D eigenvalue weighted by Crippen LogP contribution is 2.03. The van der Waals surface area contributed by atoms with Gasteiger partial charge < -0.3 is 41.7 Å². The summed E-state index contributed by atoms with van der Waals surface area (Å²) in [6, 6.07) is -2.23. The van der Waals surface area contributed by atoms with E-state index in [-0.39, 0.29) is 78.5 Å². The van der Waals surface area contributed by atoms with E-state index in [2.05, 4.69) is 21.3 Å². The van der Waals surface area contributed by atoms with E-state index in [0.717, 1.165) is 0 Å². The van der Waals surface area contributed by atoms with Gasteiger partial charge in [-0.25, -0.2) is 0 Å². The van der Waals surface area contributed by atoms with E-state index in [1.54, 1.807) is 33.4 Å². The lowest BCUT2D eigenvalue weighted by molar-refractivity contribution is -0.142. The molecule has 0 aliphatic carbocycles. The molecule has 8 N–H and O–H groups in total. The number of hydrogen-bond donors (Lipinski definition) is 8. The summed E-state index contributed by atoms with van der Waals surface area (Å²) >= 11 is 0. The molecule has 0 aromatic carbocycles. The van der Waals surface area contributed by atoms with Crippen LogP contribution >= 0.6 is 0 Å². The summed E-state index contributed by atoms with van der Waals surface area (Å²) in [5.74, 6) is -7.57. The van der Waals surface area contributed by atoms with E-state index < -0.39 is 78.6 Å². The minimum absolute atomic E-state index is 0.208. The molecule has 1 aliphatic rings. The maximum atomic E-state index is 12.7. The summed E-state index contributed by atoms with van der Waals surface area (Å²) in [6.45, 7) is 4.15. The first-order valence-corrected chi connectivity index (χ1v) is 15.4. The lowest BCUT2D eigenvalue weighted by Gasteiger charge is -2.32. The van der Waals surface area contributed by atoms with Crippen LogP contribution in [0.15, 0.2) is 0 Å². The summed E-state index contributed by atoms with van der Waals surface area (Å²) in [5.41, 5.74) is 0. The zero-order chi connectivity index (χ0) is 36.4. The largest absolute Gasteiger partial charge is 0.480 e. The molecular formula is C28H48N8O12. The maximum absolute atomic E-state index is 12.7. The van der Waals surface area contributed by atoms with E-state index in [4.69, 9.17) is 5.11 Å². The third kappa shape index (κ3) is 18.1. The summed E-state index contributed by atoms with van der Waals surface area (Å²) < 4.78 is 0. The molecule has 20 heteroatoms. The Morgan fingerprint density at radius 1 is 0.521 bits per heavy atom. The molecule has 1 aliphatic heterocycles. The number of nitrogens with zero attached hydrogens (tertiary/aromatic N) is 4. The van der Waals surface area contributed by atoms with Gasteiger partial charge in [0, 0.05) is 52.4 Å². The van der Waals surface area contributed by atoms with Crippen LogP contribution in [0.5, 0.6) is 0 Å². The molecule has 0 radical (unpaired) electrons. The van der Waals surface area contributed by atoms with Gasteiger partial charge in [0.05, 0.1) is 39.3 Å². The van der Waals surface area contributed by atoms with Gasteiger partial charge in [-0.1, -0.05) is 13.8 Å². The Morgan fingerprint density at radius 3 is 1.23 bits per heavy atom. The van der Waals surface area contributed by atoms with E-state index in [1.165, 1.54) is 6.92 Å². The number of amides is 4. The molecule has 0 unspecified atom stereocenters. The zero-order valence-electron chi connectivity index (χ0n) is 27.5. The maximum Gasteiger partial charge on any atom is 0.325 e. The first kappa shape index (κ1) is 41.6. The Hall–Kier alpha value is -4.40. The van der Waals surface area contributed by atoms with E-state index in [9.17, 15) is 53.7 Å². The lowest BCUT2D eigenvalue weighted by Crippen LogP contribution is -2.54. The first-order chi connectivity index (χ1) is 22.5. The first-order valence-electron chi connectivity index (χ1n) is 15.4. The van der Waals surface area contributed by atoms with Crippen molar-refractivity contribution in [2.75, 3.05) is 91.6 Å². The van der Waals surface area contributed by atoms with Gasteiger partial charge in [0.15, 0.2) is 0 Å². The van der Waals surface area contributed by atoms with E-state index in [0.29, 0.717) is 0 Å². The number of carboxylic acids is 4. The molecule has 272 valence electrons. The van der Waals surface area contributed by atoms with Crippen LogP contribution in [0.3, 0.4) is 0 Å². The van der Waals surface area contributed by atoms with Crippen LogP contribution in [0.1, 0.15) is 20.8 Å². The number of rotatable bonds is 17. The van der Waals surface area contributed by atoms with Crippen molar-refractivity contribution in [1.82, 2.24) is 40.9 Å². The van der Waals surface area contributed by atoms with Crippen molar-refractivity contribution in [1.29, 1.82) is 0 Å². The average Bonchev–Trinajstić information content (AvgIpc) is 2.97. The monoisotopic (exact) mass is 688 g/mol. The van der Waals surface area contributed by atoms with Crippen LogP contribution in [0, 0.1) is 5.92 Å². The van der Waals surface area contributed by atoms with Crippen LogP contribution in [-0.2, 0) is 38.4 Å². The highest BCUT2D eigenvalue weighted by molar-refractivity contribution is 5.92. The summed E-state index contributed by atoms with van der Waals surface area (Å²) in [4.78, 5) is 102. The van der Waals surface area contributed by atoms with Crippen LogP contribution in [0.2, 0.25) is 0 Å². The van der Waals surface area contributed by atoms with Gasteiger partial charge in [0.2, 0.25) is 23.6 Å². The molecule has 1 rings (SSSR count). The number of carboxylic acid groups (broad SMARTS) is 4. The molecule has 0 spiro atoms. The van der Waals surface area contributed by atoms with Gasteiger partial charge >= 0.3 is 23.9 Å². The molecule has 0 aromatic heterocycles. The van der Waals surface area contributed by atoms with Crippen molar-refractivity contribution in [3.05, 3.63) is 0 Å². The van der Waals surface area contributed by atoms with Gasteiger partial charge in [-0.3, -0.25) is 58.0 Å². The van der Waals surface area contributed by atoms with Crippen molar-refractivity contribution in [3.8, 4) is 0 Å². The van der Waals surface area contributed by atoms with Crippen LogP contribution < -0.4 is 21.3 Å². The van der Waals surface area contributed by atoms with Crippen molar-refractivity contribution in [2.24, 2.45) is 5.92 Å². The Labute approximate surface area is 277 Å². The average molecular weight is 689 g/mol. The van der Waals surface area contributed by atoms with Gasteiger partial charge in [0.25, 0.3) is 0 Å². The minimum atomic E-state index is -1.25. The third-order valence-corrected chi connectivity index (χ3v) is 7.26. The lowest BCUT2D eigenvalue weighted by atomic mass is 10.0. The minimum Gasteiger partial charge on any atom is -0.480 e. The molecule has 1 heterocycles. The molecule has 20 nitrogen and oxygen atoms in total. The Kier molecular flexibility index (Phi) is 18.6. The number of carbonyl (C=O) groups is 8. The second-order valence-corrected chi connectivity index (χ2v) is 11.7. The normalized spacial score (nSPS) is 17.2. The van der Waals surface area contributed by atoms with Crippen molar-refractivity contribution in [3.63, 3.8) is 0 Å². The van der Waals surface area contributed by atoms with Crippen molar-refractivity contribution >= 4 is 47.5 Å². The summed E-state index contributed by atoms with van der Waals surface area (Å²) in [6.07, 6.45) is 0. The molecule has 0 bridgehead atoms. The van der Waals surface area contributed by atoms with Crippen LogP contribution in [0.25, 0.3) is 0 Å². The quantitative estimate of drug-likeness (QED) is 0.0714. The highest BCUT2D eigenvalue weighted by atomic mass is 16.4. The predicted octanol–water partition coefficient (Wildman–Crippen LogP) is -4.58. The van der Waals surface area contributed by atoms with Gasteiger partial charge in [0.1, 0.15) is 12.1 Å². The fraction of sp³-hybridized carbons (Fsp3) is 0.714. The summed E-state index contributed by atoms with van der Waals surface area (Å²) in [5, 5.41) is 46.4. The molecular weight excluding hydrogens is 640 g/mol. The Morgan fingerprint density at radius 2 is 0.875 bits per heavy atom. The van der Waals surface area contributed by atoms with Gasteiger partial charge in [-0.2, -0.15) is 0 Å². The molecule has 0 aromatic rings. The fourth-order valence-electron chi connectivity index (χ4n) is 4.59. The molecule has 0 saturated carbocycles. The van der Waals surface area contributed by atoms with E-state index in [1.807, 2.05) is 0 Å². The molecule has 2 atom stereocenters. The van der Waals surface area contributed by atoms with Gasteiger partial charge in [-0.05, 0) is 12.8 Å². The van der Waals surface area contributed by atoms with E-state index >= 15 is 0 Å². The number of nitrogens with one attached hydrogen (secondary N) is 4. The predicted molar refractivity (Wildman–Crippen MR) is 167 cm³/mol.